The van der Waals surface area contributed by atoms with E-state index in [1.807, 2.05) is 26.8 Å². The summed E-state index contributed by atoms with van der Waals surface area (Å²) in [5.74, 6) is -0.175. The Hall–Kier alpha value is -2.13. The first-order valence-corrected chi connectivity index (χ1v) is 12.4. The maximum atomic E-state index is 13.3. The van der Waals surface area contributed by atoms with E-state index >= 15 is 0 Å². The van der Waals surface area contributed by atoms with Crippen LogP contribution in [0, 0.1) is 11.3 Å². The molecule has 0 aromatic heterocycles. The van der Waals surface area contributed by atoms with Crippen molar-refractivity contribution in [2.45, 2.75) is 46.1 Å². The Morgan fingerprint density at radius 3 is 2.33 bits per heavy atom. The van der Waals surface area contributed by atoms with Crippen molar-refractivity contribution in [1.82, 2.24) is 4.90 Å². The number of amides is 1. The highest BCUT2D eigenvalue weighted by Crippen LogP contribution is 2.46. The number of rotatable bonds is 6. The normalized spacial score (nSPS) is 20.3. The van der Waals surface area contributed by atoms with Crippen LogP contribution in [0.3, 0.4) is 0 Å². The summed E-state index contributed by atoms with van der Waals surface area (Å²) >= 11 is 6.30. The summed E-state index contributed by atoms with van der Waals surface area (Å²) in [6, 6.07) is 3.00. The van der Waals surface area contributed by atoms with E-state index in [9.17, 15) is 14.4 Å². The minimum absolute atomic E-state index is 0.0819. The summed E-state index contributed by atoms with van der Waals surface area (Å²) < 4.78 is 16.5. The molecule has 1 aromatic carbocycles. The second-order valence-electron chi connectivity index (χ2n) is 9.09. The molecule has 1 aromatic rings. The van der Waals surface area contributed by atoms with E-state index in [0.717, 1.165) is 22.9 Å². The van der Waals surface area contributed by atoms with Gasteiger partial charge in [-0.2, -0.15) is 0 Å². The van der Waals surface area contributed by atoms with Gasteiger partial charge in [0.15, 0.2) is 11.5 Å². The van der Waals surface area contributed by atoms with Crippen LogP contribution in [-0.4, -0.2) is 59.9 Å². The molecule has 0 unspecified atom stereocenters. The largest absolute Gasteiger partial charge is 0.493 e. The molecule has 0 radical (unpaired) electrons. The summed E-state index contributed by atoms with van der Waals surface area (Å²) in [5.41, 5.74) is 1.33. The van der Waals surface area contributed by atoms with Crippen molar-refractivity contribution in [3.63, 3.8) is 0 Å². The zero-order chi connectivity index (χ0) is 24.3. The minimum Gasteiger partial charge on any atom is -0.493 e. The maximum Gasteiger partial charge on any atom is 0.233 e. The third kappa shape index (κ3) is 5.51. The topological polar surface area (TPSA) is 82.1 Å². The van der Waals surface area contributed by atoms with E-state index in [2.05, 4.69) is 0 Å². The lowest BCUT2D eigenvalue weighted by Gasteiger charge is -2.44. The number of benzene rings is 1. The van der Waals surface area contributed by atoms with Gasteiger partial charge in [0, 0.05) is 19.4 Å². The molecule has 7 nitrogen and oxygen atoms in total. The van der Waals surface area contributed by atoms with Crippen LogP contribution in [-0.2, 0) is 25.5 Å². The fourth-order valence-electron chi connectivity index (χ4n) is 4.74. The number of carbonyl (C=O) groups excluding carboxylic acids is 3. The van der Waals surface area contributed by atoms with Gasteiger partial charge in [-0.1, -0.05) is 25.6 Å². The molecule has 3 rings (SSSR count). The van der Waals surface area contributed by atoms with E-state index in [1.54, 1.807) is 18.1 Å². The van der Waals surface area contributed by atoms with Crippen LogP contribution in [0.2, 0.25) is 0 Å². The van der Waals surface area contributed by atoms with Gasteiger partial charge in [-0.25, -0.2) is 0 Å². The number of ether oxygens (including phenoxy) is 3. The van der Waals surface area contributed by atoms with Gasteiger partial charge in [0.2, 0.25) is 10.3 Å². The number of ketones is 2. The highest BCUT2D eigenvalue weighted by molar-refractivity contribution is 8.23. The van der Waals surface area contributed by atoms with E-state index in [1.165, 1.54) is 7.11 Å². The van der Waals surface area contributed by atoms with Crippen LogP contribution >= 0.6 is 24.0 Å². The van der Waals surface area contributed by atoms with Crippen LogP contribution < -0.4 is 9.47 Å². The summed E-state index contributed by atoms with van der Waals surface area (Å²) in [7, 11) is 3.10. The number of thiocarbonyl (C=S) groups is 1. The summed E-state index contributed by atoms with van der Waals surface area (Å²) in [5, 5.41) is 0. The third-order valence-corrected chi connectivity index (χ3v) is 7.35. The molecule has 1 saturated carbocycles. The Kier molecular flexibility index (Phi) is 8.05. The second-order valence-corrected chi connectivity index (χ2v) is 10.7. The first-order chi connectivity index (χ1) is 15.6. The van der Waals surface area contributed by atoms with E-state index in [0.29, 0.717) is 48.3 Å². The van der Waals surface area contributed by atoms with Crippen LogP contribution in [0.25, 0.3) is 0 Å². The van der Waals surface area contributed by atoms with Crippen molar-refractivity contribution in [3.8, 4) is 11.5 Å². The third-order valence-electron chi connectivity index (χ3n) is 6.13. The van der Waals surface area contributed by atoms with Gasteiger partial charge in [0.25, 0.3) is 0 Å². The van der Waals surface area contributed by atoms with Crippen molar-refractivity contribution in [1.29, 1.82) is 0 Å². The van der Waals surface area contributed by atoms with E-state index in [-0.39, 0.29) is 28.6 Å². The Labute approximate surface area is 204 Å². The molecule has 9 heteroatoms. The molecule has 1 atom stereocenters. The van der Waals surface area contributed by atoms with Gasteiger partial charge < -0.3 is 19.1 Å². The molecule has 1 fully saturated rings. The molecule has 180 valence electrons. The fourth-order valence-corrected chi connectivity index (χ4v) is 5.64. The zero-order valence-electron chi connectivity index (χ0n) is 19.8. The predicted octanol–water partition coefficient (Wildman–Crippen LogP) is 3.76. The minimum atomic E-state index is -0.900. The van der Waals surface area contributed by atoms with Crippen molar-refractivity contribution in [3.05, 3.63) is 23.3 Å². The quantitative estimate of drug-likeness (QED) is 0.438. The lowest BCUT2D eigenvalue weighted by atomic mass is 9.67. The van der Waals surface area contributed by atoms with Crippen molar-refractivity contribution in [2.24, 2.45) is 11.3 Å². The molecule has 1 aliphatic heterocycles. The van der Waals surface area contributed by atoms with Gasteiger partial charge in [-0.3, -0.25) is 14.4 Å². The summed E-state index contributed by atoms with van der Waals surface area (Å²) in [6.07, 6.45) is 1.18. The van der Waals surface area contributed by atoms with Crippen LogP contribution in [0.4, 0.5) is 0 Å². The first-order valence-electron chi connectivity index (χ1n) is 11.0. The Morgan fingerprint density at radius 2 is 1.76 bits per heavy atom. The predicted molar refractivity (Wildman–Crippen MR) is 131 cm³/mol. The smallest absolute Gasteiger partial charge is 0.233 e. The highest BCUT2D eigenvalue weighted by atomic mass is 32.2. The number of fused-ring (bicyclic) bond motifs is 1. The van der Waals surface area contributed by atoms with Gasteiger partial charge >= 0.3 is 0 Å². The number of hydrogen-bond acceptors (Lipinski definition) is 8. The number of hydrogen-bond donors (Lipinski definition) is 0. The molecule has 1 aliphatic carbocycles. The molecule has 1 heterocycles. The Bertz CT molecular complexity index is 941. The number of Topliss-reactive ketones (excluding diaryl/α,β-unsaturated/α-hetero) is 2. The van der Waals surface area contributed by atoms with Crippen LogP contribution in [0.15, 0.2) is 12.1 Å². The summed E-state index contributed by atoms with van der Waals surface area (Å²) in [6.45, 7) is 6.51. The van der Waals surface area contributed by atoms with E-state index in [4.69, 9.17) is 26.4 Å². The van der Waals surface area contributed by atoms with Gasteiger partial charge in [-0.05, 0) is 54.2 Å². The zero-order valence-corrected chi connectivity index (χ0v) is 21.4. The second kappa shape index (κ2) is 10.4. The molecule has 0 saturated heterocycles. The number of carbonyl (C=O) groups is 3. The summed E-state index contributed by atoms with van der Waals surface area (Å²) in [4.78, 5) is 41.5. The lowest BCUT2D eigenvalue weighted by Crippen LogP contribution is -2.50. The van der Waals surface area contributed by atoms with Gasteiger partial charge in [0.1, 0.15) is 17.5 Å². The Balaban J connectivity index is 2.02. The van der Waals surface area contributed by atoms with E-state index < -0.39 is 12.0 Å². The van der Waals surface area contributed by atoms with Crippen LogP contribution in [0.1, 0.15) is 50.8 Å². The molecule has 1 amide bonds. The molecule has 33 heavy (non-hydrogen) atoms. The number of methoxy groups -OCH3 is 2. The fraction of sp³-hybridized carbons (Fsp3) is 0.583. The molecule has 0 spiro atoms. The molecular weight excluding hydrogens is 462 g/mol. The average molecular weight is 494 g/mol. The average Bonchev–Trinajstić information content (AvgIpc) is 2.75. The van der Waals surface area contributed by atoms with Crippen LogP contribution in [0.5, 0.6) is 11.5 Å². The highest BCUT2D eigenvalue weighted by Gasteiger charge is 2.48. The standard InChI is InChI=1S/C24H31NO6S2/c1-6-31-23(32)33-13-20(28)25-8-7-14-9-18(29-4)19(30-5)10-15(14)22(25)21-16(26)11-24(2,3)12-17(21)27/h9-10,21-22H,6-8,11-13H2,1-5H3/t22-/m0/s1. The lowest BCUT2D eigenvalue weighted by molar-refractivity contribution is -0.146. The van der Waals surface area contributed by atoms with Crippen molar-refractivity contribution < 1.29 is 28.6 Å². The molecule has 2 aliphatic rings. The monoisotopic (exact) mass is 493 g/mol. The number of nitrogens with zero attached hydrogens (tertiary/aromatic N) is 1. The maximum absolute atomic E-state index is 13.3. The number of thioether (sulfide) groups is 1. The van der Waals surface area contributed by atoms with Gasteiger partial charge in [-0.15, -0.1) is 0 Å². The molecule has 0 N–H and O–H groups in total. The van der Waals surface area contributed by atoms with Gasteiger partial charge in [0.05, 0.1) is 32.6 Å². The van der Waals surface area contributed by atoms with Crippen molar-refractivity contribution >= 4 is 45.8 Å². The SMILES string of the molecule is CCOC(=S)SCC(=O)N1CCc2cc(OC)c(OC)cc2[C@H]1C1C(=O)CC(C)(C)CC1=O. The molecule has 0 bridgehead atoms. The first kappa shape index (κ1) is 25.5. The Morgan fingerprint density at radius 1 is 1.15 bits per heavy atom. The molecular formula is C24H31NO6S2. The van der Waals surface area contributed by atoms with Crippen molar-refractivity contribution in [2.75, 3.05) is 33.1 Å².